The van der Waals surface area contributed by atoms with E-state index in [0.717, 1.165) is 16.5 Å². The third-order valence-electron chi connectivity index (χ3n) is 9.72. The van der Waals surface area contributed by atoms with Crippen molar-refractivity contribution in [3.8, 4) is 0 Å². The second kappa shape index (κ2) is 21.5. The summed E-state index contributed by atoms with van der Waals surface area (Å²) >= 11 is 0. The van der Waals surface area contributed by atoms with Gasteiger partial charge in [0, 0.05) is 61.7 Å². The largest absolute Gasteiger partial charge is 0.370 e. The number of aliphatic imine (C=N–C) groups is 1. The second-order valence-corrected chi connectivity index (χ2v) is 14.2. The van der Waals surface area contributed by atoms with E-state index in [1.165, 1.54) is 19.4 Å². The fourth-order valence-electron chi connectivity index (χ4n) is 6.41. The Labute approximate surface area is 336 Å². The van der Waals surface area contributed by atoms with Gasteiger partial charge in [0.25, 0.3) is 0 Å². The van der Waals surface area contributed by atoms with Crippen LogP contribution in [0.1, 0.15) is 56.9 Å². The third kappa shape index (κ3) is 13.2. The molecule has 0 aliphatic rings. The summed E-state index contributed by atoms with van der Waals surface area (Å²) in [6, 6.07) is 10.8. The molecule has 0 radical (unpaired) electrons. The van der Waals surface area contributed by atoms with Crippen molar-refractivity contribution in [3.63, 3.8) is 0 Å². The lowest BCUT2D eigenvalue weighted by Gasteiger charge is -2.29. The van der Waals surface area contributed by atoms with E-state index < -0.39 is 71.6 Å². The van der Waals surface area contributed by atoms with Gasteiger partial charge >= 0.3 is 0 Å². The van der Waals surface area contributed by atoms with Crippen molar-refractivity contribution in [3.05, 3.63) is 90.1 Å². The van der Waals surface area contributed by atoms with Crippen LogP contribution in [0.2, 0.25) is 0 Å². The van der Waals surface area contributed by atoms with E-state index in [9.17, 15) is 28.8 Å². The highest BCUT2D eigenvalue weighted by Gasteiger charge is 2.34. The average molecular weight is 799 g/mol. The maximum atomic E-state index is 14.3. The fraction of sp³-hybridized carbons (Fsp3) is 0.400. The number of H-pyrrole nitrogens is 2. The van der Waals surface area contributed by atoms with Crippen molar-refractivity contribution >= 4 is 52.3 Å². The quantitative estimate of drug-likeness (QED) is 0.0289. The molecule has 0 unspecified atom stereocenters. The molecule has 2 aromatic heterocycles. The number of para-hydroxylation sites is 1. The molecule has 18 nitrogen and oxygen atoms in total. The molecular weight excluding hydrogens is 745 g/mol. The van der Waals surface area contributed by atoms with Crippen molar-refractivity contribution in [1.82, 2.24) is 41.5 Å². The normalized spacial score (nSPS) is 14.1. The highest BCUT2D eigenvalue weighted by Crippen LogP contribution is 2.20. The van der Waals surface area contributed by atoms with E-state index in [-0.39, 0.29) is 44.6 Å². The van der Waals surface area contributed by atoms with Gasteiger partial charge in [-0.2, -0.15) is 0 Å². The van der Waals surface area contributed by atoms with Crippen LogP contribution in [-0.4, -0.2) is 93.1 Å². The van der Waals surface area contributed by atoms with Gasteiger partial charge in [0.2, 0.25) is 35.4 Å². The number of guanidine groups is 1. The van der Waals surface area contributed by atoms with Crippen LogP contribution in [0, 0.1) is 5.92 Å². The van der Waals surface area contributed by atoms with Crippen LogP contribution >= 0.6 is 0 Å². The third-order valence-corrected chi connectivity index (χ3v) is 9.72. The van der Waals surface area contributed by atoms with Crippen molar-refractivity contribution in [2.24, 2.45) is 28.1 Å². The van der Waals surface area contributed by atoms with E-state index in [1.54, 1.807) is 37.4 Å². The molecule has 0 spiro atoms. The first-order chi connectivity index (χ1) is 27.7. The molecule has 310 valence electrons. The van der Waals surface area contributed by atoms with Crippen LogP contribution in [-0.2, 0) is 48.0 Å². The number of amides is 6. The number of hydrogen-bond donors (Lipinski definition) is 10. The molecular formula is C40H54N12O6. The molecule has 58 heavy (non-hydrogen) atoms. The number of imidazole rings is 1. The minimum atomic E-state index is -1.23. The van der Waals surface area contributed by atoms with Crippen LogP contribution in [0.5, 0.6) is 0 Å². The molecule has 2 heterocycles. The van der Waals surface area contributed by atoms with E-state index >= 15 is 0 Å². The van der Waals surface area contributed by atoms with Crippen molar-refractivity contribution in [2.45, 2.75) is 89.5 Å². The summed E-state index contributed by atoms with van der Waals surface area (Å²) in [5, 5.41) is 14.5. The Morgan fingerprint density at radius 2 is 1.38 bits per heavy atom. The molecule has 18 heteroatoms. The van der Waals surface area contributed by atoms with Gasteiger partial charge in [-0.1, -0.05) is 68.8 Å². The zero-order valence-corrected chi connectivity index (χ0v) is 32.9. The van der Waals surface area contributed by atoms with Gasteiger partial charge < -0.3 is 53.8 Å². The number of rotatable bonds is 22. The molecule has 0 saturated heterocycles. The number of benzene rings is 2. The maximum Gasteiger partial charge on any atom is 0.243 e. The van der Waals surface area contributed by atoms with Crippen LogP contribution in [0.4, 0.5) is 0 Å². The summed E-state index contributed by atoms with van der Waals surface area (Å²) in [5.41, 5.74) is 19.7. The van der Waals surface area contributed by atoms with Crippen LogP contribution < -0.4 is 43.8 Å². The molecule has 0 saturated carbocycles. The lowest BCUT2D eigenvalue weighted by Crippen LogP contribution is -2.60. The number of nitrogens with zero attached hydrogens (tertiary/aromatic N) is 2. The number of nitrogens with one attached hydrogen (secondary N) is 7. The lowest BCUT2D eigenvalue weighted by molar-refractivity contribution is -0.135. The Bertz CT molecular complexity index is 2030. The molecule has 4 rings (SSSR count). The van der Waals surface area contributed by atoms with Gasteiger partial charge in [-0.05, 0) is 36.0 Å². The summed E-state index contributed by atoms with van der Waals surface area (Å²) < 4.78 is 0. The lowest BCUT2D eigenvalue weighted by atomic mass is 9.96. The Kier molecular flexibility index (Phi) is 16.3. The monoisotopic (exact) mass is 798 g/mol. The zero-order chi connectivity index (χ0) is 42.2. The number of fused-ring (bicyclic) bond motifs is 1. The van der Waals surface area contributed by atoms with Gasteiger partial charge in [0.05, 0.1) is 6.33 Å². The average Bonchev–Trinajstić information content (AvgIpc) is 3.87. The van der Waals surface area contributed by atoms with Gasteiger partial charge in [-0.15, -0.1) is 0 Å². The number of carbonyl (C=O) groups is 6. The smallest absolute Gasteiger partial charge is 0.243 e. The Hall–Kier alpha value is -6.72. The second-order valence-electron chi connectivity index (χ2n) is 14.2. The first kappa shape index (κ1) is 44.0. The van der Waals surface area contributed by atoms with Crippen LogP contribution in [0.3, 0.4) is 0 Å². The highest BCUT2D eigenvalue weighted by atomic mass is 16.2. The van der Waals surface area contributed by atoms with E-state index in [4.69, 9.17) is 17.2 Å². The first-order valence-corrected chi connectivity index (χ1v) is 19.1. The standard InChI is InChI=1S/C40H54N12O6/c1-4-23(2)34(52-38(57)33(48-24(3)53)19-27-21-44-22-47-27)39(58)49-30(15-10-16-45-40(42)43)36(55)51-32(18-26-20-46-29-14-9-8-13-28(26)29)37(56)50-31(35(41)54)17-25-11-6-5-7-12-25/h5-9,11-14,20-23,30-34,46H,4,10,15-19H2,1-3H3,(H2,41,54)(H,44,47)(H,48,53)(H,49,58)(H,50,56)(H,51,55)(H,52,57)(H4,42,43,45)/t23-,30-,31-,32-,33-,34-/m1/s1. The van der Waals surface area contributed by atoms with Crippen LogP contribution in [0.25, 0.3) is 10.9 Å². The zero-order valence-electron chi connectivity index (χ0n) is 32.9. The predicted octanol–water partition coefficient (Wildman–Crippen LogP) is -0.0522. The summed E-state index contributed by atoms with van der Waals surface area (Å²) in [4.78, 5) is 94.7. The highest BCUT2D eigenvalue weighted by molar-refractivity contribution is 5.97. The minimum absolute atomic E-state index is 0.0134. The number of nitrogens with two attached hydrogens (primary N) is 3. The van der Waals surface area contributed by atoms with Crippen molar-refractivity contribution < 1.29 is 28.8 Å². The molecule has 13 N–H and O–H groups in total. The molecule has 0 aliphatic carbocycles. The number of aromatic nitrogens is 3. The van der Waals surface area contributed by atoms with Crippen molar-refractivity contribution in [1.29, 1.82) is 0 Å². The molecule has 0 aliphatic heterocycles. The van der Waals surface area contributed by atoms with E-state index in [1.807, 2.05) is 37.3 Å². The number of aromatic amines is 2. The molecule has 2 aromatic carbocycles. The molecule has 6 atom stereocenters. The molecule has 0 fully saturated rings. The van der Waals surface area contributed by atoms with E-state index in [2.05, 4.69) is 46.5 Å². The van der Waals surface area contributed by atoms with Crippen molar-refractivity contribution in [2.75, 3.05) is 6.54 Å². The summed E-state index contributed by atoms with van der Waals surface area (Å²) in [5.74, 6) is -4.43. The Balaban J connectivity index is 1.61. The summed E-state index contributed by atoms with van der Waals surface area (Å²) in [6.07, 6.45) is 5.69. The predicted molar refractivity (Wildman–Crippen MR) is 218 cm³/mol. The summed E-state index contributed by atoms with van der Waals surface area (Å²) in [6.45, 7) is 5.03. The number of carbonyl (C=O) groups excluding carboxylic acids is 6. The number of primary amides is 1. The summed E-state index contributed by atoms with van der Waals surface area (Å²) in [7, 11) is 0. The molecule has 6 amide bonds. The van der Waals surface area contributed by atoms with Gasteiger partial charge in [0.1, 0.15) is 30.2 Å². The maximum absolute atomic E-state index is 14.3. The van der Waals surface area contributed by atoms with Gasteiger partial charge in [-0.3, -0.25) is 33.8 Å². The van der Waals surface area contributed by atoms with Gasteiger partial charge in [0.15, 0.2) is 5.96 Å². The molecule has 4 aromatic rings. The Morgan fingerprint density at radius 3 is 2.03 bits per heavy atom. The first-order valence-electron chi connectivity index (χ1n) is 19.1. The topological polar surface area (TPSA) is 297 Å². The SMILES string of the molecule is CC[C@@H](C)[C@@H](NC(=O)[C@@H](Cc1cnc[nH]1)NC(C)=O)C(=O)N[C@H](CCCN=C(N)N)C(=O)N[C@H](Cc1c[nH]c2ccccc12)C(=O)N[C@H](Cc1ccccc1)C(N)=O. The Morgan fingerprint density at radius 1 is 0.741 bits per heavy atom. The van der Waals surface area contributed by atoms with E-state index in [0.29, 0.717) is 17.7 Å². The van der Waals surface area contributed by atoms with Gasteiger partial charge in [-0.25, -0.2) is 4.98 Å². The minimum Gasteiger partial charge on any atom is -0.370 e. The number of hydrogen-bond acceptors (Lipinski definition) is 8. The molecule has 0 bridgehead atoms. The fourth-order valence-corrected chi connectivity index (χ4v) is 6.41. The van der Waals surface area contributed by atoms with Crippen LogP contribution in [0.15, 0.2) is 78.3 Å².